The normalized spacial score (nSPS) is 52.0. The highest BCUT2D eigenvalue weighted by molar-refractivity contribution is 4.97. The quantitative estimate of drug-likeness (QED) is 0.466. The van der Waals surface area contributed by atoms with Gasteiger partial charge >= 0.3 is 0 Å². The van der Waals surface area contributed by atoms with Crippen LogP contribution in [-0.4, -0.2) is 0 Å². The van der Waals surface area contributed by atoms with Crippen molar-refractivity contribution >= 4 is 0 Å². The molecule has 0 heterocycles. The fourth-order valence-electron chi connectivity index (χ4n) is 6.13. The molecule has 0 radical (unpaired) electrons. The summed E-state index contributed by atoms with van der Waals surface area (Å²) in [6, 6.07) is 0. The second-order valence-electron chi connectivity index (χ2n) is 9.54. The standard InChI is InChI=1S/C21H38/c1-15-7-9-19-11-10-18(19)6-5-13-21(4)14-17(3)20(21)12-8-16(15)2/h15-20H,5-14H2,1-4H3. The number of hydrogen-bond acceptors (Lipinski definition) is 0. The van der Waals surface area contributed by atoms with Crippen molar-refractivity contribution in [2.45, 2.75) is 91.9 Å². The Bertz CT molecular complexity index is 346. The Morgan fingerprint density at radius 3 is 1.86 bits per heavy atom. The first-order valence-corrected chi connectivity index (χ1v) is 9.99. The zero-order valence-electron chi connectivity index (χ0n) is 15.0. The summed E-state index contributed by atoms with van der Waals surface area (Å²) in [5, 5.41) is 0. The molecule has 3 rings (SSSR count). The van der Waals surface area contributed by atoms with Crippen LogP contribution in [0.1, 0.15) is 91.9 Å². The summed E-state index contributed by atoms with van der Waals surface area (Å²) in [6.45, 7) is 10.2. The monoisotopic (exact) mass is 290 g/mol. The van der Waals surface area contributed by atoms with E-state index in [1.165, 1.54) is 44.9 Å². The Labute approximate surface area is 133 Å². The van der Waals surface area contributed by atoms with Crippen LogP contribution in [0, 0.1) is 40.9 Å². The third-order valence-electron chi connectivity index (χ3n) is 8.17. The SMILES string of the molecule is CC1CCC2CCC2CCCC2(C)CC(C)C2CCC1C. The fourth-order valence-corrected chi connectivity index (χ4v) is 6.13. The Morgan fingerprint density at radius 2 is 1.24 bits per heavy atom. The average molecular weight is 291 g/mol. The van der Waals surface area contributed by atoms with Crippen molar-refractivity contribution in [2.24, 2.45) is 40.9 Å². The molecule has 0 spiro atoms. The molecule has 0 aromatic heterocycles. The van der Waals surface area contributed by atoms with Crippen molar-refractivity contribution in [1.29, 1.82) is 0 Å². The predicted octanol–water partition coefficient (Wildman–Crippen LogP) is 6.69. The Kier molecular flexibility index (Phi) is 4.72. The Hall–Kier alpha value is 0. The first-order valence-electron chi connectivity index (χ1n) is 9.99. The largest absolute Gasteiger partial charge is 0.0623 e. The van der Waals surface area contributed by atoms with E-state index in [9.17, 15) is 0 Å². The van der Waals surface area contributed by atoms with Gasteiger partial charge in [0.05, 0.1) is 0 Å². The highest BCUT2D eigenvalue weighted by Gasteiger charge is 2.47. The average Bonchev–Trinajstić information content (AvgIpc) is 2.41. The van der Waals surface area contributed by atoms with Crippen LogP contribution >= 0.6 is 0 Å². The highest BCUT2D eigenvalue weighted by atomic mass is 14.5. The van der Waals surface area contributed by atoms with E-state index in [2.05, 4.69) is 27.7 Å². The number of rotatable bonds is 0. The lowest BCUT2D eigenvalue weighted by atomic mass is 9.52. The molecule has 0 aromatic rings. The summed E-state index contributed by atoms with van der Waals surface area (Å²) in [5.41, 5.74) is 0.704. The van der Waals surface area contributed by atoms with Crippen LogP contribution in [-0.2, 0) is 0 Å². The van der Waals surface area contributed by atoms with E-state index in [4.69, 9.17) is 0 Å². The van der Waals surface area contributed by atoms with Crippen molar-refractivity contribution in [2.75, 3.05) is 0 Å². The van der Waals surface area contributed by atoms with Crippen LogP contribution in [0.3, 0.4) is 0 Å². The van der Waals surface area contributed by atoms with Gasteiger partial charge in [0.25, 0.3) is 0 Å². The minimum Gasteiger partial charge on any atom is -0.0623 e. The molecule has 0 saturated heterocycles. The molecule has 0 aromatic carbocycles. The molecule has 3 aliphatic carbocycles. The van der Waals surface area contributed by atoms with Crippen molar-refractivity contribution in [1.82, 2.24) is 0 Å². The smallest absolute Gasteiger partial charge is 0.0292 e. The van der Waals surface area contributed by atoms with Crippen LogP contribution in [0.2, 0.25) is 0 Å². The molecule has 0 aliphatic heterocycles. The van der Waals surface area contributed by atoms with Crippen LogP contribution < -0.4 is 0 Å². The maximum Gasteiger partial charge on any atom is -0.0292 e. The lowest BCUT2D eigenvalue weighted by Crippen LogP contribution is -2.44. The summed E-state index contributed by atoms with van der Waals surface area (Å²) in [5.74, 6) is 6.14. The molecule has 122 valence electrons. The van der Waals surface area contributed by atoms with Gasteiger partial charge in [0.15, 0.2) is 0 Å². The van der Waals surface area contributed by atoms with E-state index in [1.54, 1.807) is 19.3 Å². The van der Waals surface area contributed by atoms with Crippen LogP contribution in [0.5, 0.6) is 0 Å². The Balaban J connectivity index is 1.65. The summed E-state index contributed by atoms with van der Waals surface area (Å²) < 4.78 is 0. The molecule has 3 aliphatic rings. The number of hydrogen-bond donors (Lipinski definition) is 0. The molecule has 0 heteroatoms. The van der Waals surface area contributed by atoms with E-state index < -0.39 is 0 Å². The first kappa shape index (κ1) is 15.9. The highest BCUT2D eigenvalue weighted by Crippen LogP contribution is 2.57. The van der Waals surface area contributed by atoms with Crippen molar-refractivity contribution in [3.63, 3.8) is 0 Å². The molecule has 0 bridgehead atoms. The van der Waals surface area contributed by atoms with Gasteiger partial charge in [-0.15, -0.1) is 0 Å². The van der Waals surface area contributed by atoms with E-state index in [-0.39, 0.29) is 0 Å². The van der Waals surface area contributed by atoms with Gasteiger partial charge in [-0.1, -0.05) is 53.4 Å². The molecule has 0 amide bonds. The molecule has 0 N–H and O–H groups in total. The molecule has 3 saturated carbocycles. The number of fused-ring (bicyclic) bond motifs is 2. The summed E-state index contributed by atoms with van der Waals surface area (Å²) in [6.07, 6.45) is 15.2. The van der Waals surface area contributed by atoms with E-state index in [1.807, 2.05) is 0 Å². The molecule has 0 nitrogen and oxygen atoms in total. The van der Waals surface area contributed by atoms with Gasteiger partial charge in [-0.05, 0) is 79.4 Å². The third-order valence-corrected chi connectivity index (χ3v) is 8.17. The van der Waals surface area contributed by atoms with Gasteiger partial charge in [0.2, 0.25) is 0 Å². The first-order chi connectivity index (χ1) is 9.99. The fraction of sp³-hybridized carbons (Fsp3) is 1.00. The van der Waals surface area contributed by atoms with Crippen molar-refractivity contribution in [3.05, 3.63) is 0 Å². The van der Waals surface area contributed by atoms with Crippen LogP contribution in [0.4, 0.5) is 0 Å². The van der Waals surface area contributed by atoms with Gasteiger partial charge in [-0.2, -0.15) is 0 Å². The third kappa shape index (κ3) is 3.20. The van der Waals surface area contributed by atoms with Gasteiger partial charge in [-0.25, -0.2) is 0 Å². The van der Waals surface area contributed by atoms with Crippen LogP contribution in [0.25, 0.3) is 0 Å². The van der Waals surface area contributed by atoms with E-state index >= 15 is 0 Å². The maximum atomic E-state index is 2.61. The second-order valence-corrected chi connectivity index (χ2v) is 9.54. The van der Waals surface area contributed by atoms with Crippen LogP contribution in [0.15, 0.2) is 0 Å². The molecular formula is C21H38. The predicted molar refractivity (Wildman–Crippen MR) is 92.2 cm³/mol. The van der Waals surface area contributed by atoms with Gasteiger partial charge in [0, 0.05) is 0 Å². The summed E-state index contributed by atoms with van der Waals surface area (Å²) in [4.78, 5) is 0. The van der Waals surface area contributed by atoms with Gasteiger partial charge in [0.1, 0.15) is 0 Å². The van der Waals surface area contributed by atoms with E-state index in [0.717, 1.165) is 35.5 Å². The topological polar surface area (TPSA) is 0 Å². The molecule has 7 unspecified atom stereocenters. The van der Waals surface area contributed by atoms with Gasteiger partial charge < -0.3 is 0 Å². The molecule has 7 atom stereocenters. The summed E-state index contributed by atoms with van der Waals surface area (Å²) in [7, 11) is 0. The lowest BCUT2D eigenvalue weighted by molar-refractivity contribution is -0.0375. The zero-order valence-corrected chi connectivity index (χ0v) is 15.0. The summed E-state index contributed by atoms with van der Waals surface area (Å²) >= 11 is 0. The molecule has 21 heavy (non-hydrogen) atoms. The Morgan fingerprint density at radius 1 is 0.667 bits per heavy atom. The molecular weight excluding hydrogens is 252 g/mol. The lowest BCUT2D eigenvalue weighted by Gasteiger charge is -2.53. The minimum atomic E-state index is 0.704. The maximum absolute atomic E-state index is 2.61. The van der Waals surface area contributed by atoms with E-state index in [0.29, 0.717) is 5.41 Å². The van der Waals surface area contributed by atoms with Gasteiger partial charge in [-0.3, -0.25) is 0 Å². The minimum absolute atomic E-state index is 0.704. The van der Waals surface area contributed by atoms with Crippen molar-refractivity contribution < 1.29 is 0 Å². The second kappa shape index (κ2) is 6.25. The van der Waals surface area contributed by atoms with Crippen molar-refractivity contribution in [3.8, 4) is 0 Å². The molecule has 3 fully saturated rings. The zero-order chi connectivity index (χ0) is 15.0.